The molecule has 1 N–H and O–H groups in total. The number of pyridine rings is 2. The second-order valence-corrected chi connectivity index (χ2v) is 16.3. The van der Waals surface area contributed by atoms with E-state index in [0.29, 0.717) is 5.92 Å². The third kappa shape index (κ3) is 9.07. The first-order valence-electron chi connectivity index (χ1n) is 18.7. The van der Waals surface area contributed by atoms with Gasteiger partial charge in [-0.1, -0.05) is 97.5 Å². The van der Waals surface area contributed by atoms with Crippen LogP contribution in [0.15, 0.2) is 66.6 Å². The number of thiophene rings is 1. The summed E-state index contributed by atoms with van der Waals surface area (Å²) in [7, 11) is 0. The van der Waals surface area contributed by atoms with Crippen molar-refractivity contribution in [1.82, 2.24) is 9.97 Å². The molecule has 1 aliphatic rings. The van der Waals surface area contributed by atoms with Crippen molar-refractivity contribution in [3.05, 3.63) is 95.0 Å². The number of aryl methyl sites for hydroxylation is 2. The number of benzene rings is 2. The van der Waals surface area contributed by atoms with Crippen LogP contribution < -0.4 is 0 Å². The van der Waals surface area contributed by atoms with E-state index in [1.165, 1.54) is 54.5 Å². The number of hydrogen-bond acceptors (Lipinski definition) is 5. The Hall–Kier alpha value is -3.18. The summed E-state index contributed by atoms with van der Waals surface area (Å²) in [6.45, 7) is 19.5. The van der Waals surface area contributed by atoms with E-state index in [2.05, 4.69) is 89.2 Å². The quantitative estimate of drug-likeness (QED) is 0.0862. The smallest absolute Gasteiger partial charge is 0.162 e. The first-order valence-corrected chi connectivity index (χ1v) is 19.5. The van der Waals surface area contributed by atoms with Crippen molar-refractivity contribution in [3.63, 3.8) is 0 Å². The van der Waals surface area contributed by atoms with Gasteiger partial charge in [0.15, 0.2) is 5.78 Å². The minimum absolute atomic E-state index is 0. The normalized spacial score (nSPS) is 12.9. The van der Waals surface area contributed by atoms with Crippen molar-refractivity contribution in [2.45, 2.75) is 113 Å². The molecular formula is C45H55IrN2O2S-. The fourth-order valence-electron chi connectivity index (χ4n) is 7.22. The van der Waals surface area contributed by atoms with Crippen molar-refractivity contribution < 1.29 is 30.0 Å². The molecule has 3 aromatic heterocycles. The Morgan fingerprint density at radius 2 is 1.63 bits per heavy atom. The van der Waals surface area contributed by atoms with Gasteiger partial charge in [-0.2, -0.15) is 0 Å². The van der Waals surface area contributed by atoms with Crippen molar-refractivity contribution >= 4 is 38.0 Å². The Morgan fingerprint density at radius 3 is 2.27 bits per heavy atom. The molecule has 0 amide bonds. The fraction of sp³-hybridized carbons (Fsp3) is 0.444. The summed E-state index contributed by atoms with van der Waals surface area (Å²) in [5.74, 6) is 1.15. The summed E-state index contributed by atoms with van der Waals surface area (Å²) in [6.07, 6.45) is 9.95. The van der Waals surface area contributed by atoms with Gasteiger partial charge in [-0.25, -0.2) is 0 Å². The Kier molecular flexibility index (Phi) is 14.0. The van der Waals surface area contributed by atoms with Crippen LogP contribution in [0.2, 0.25) is 0 Å². The second kappa shape index (κ2) is 17.6. The number of nitrogens with zero attached hydrogens (tertiary/aromatic N) is 2. The van der Waals surface area contributed by atoms with E-state index in [-0.39, 0.29) is 48.9 Å². The van der Waals surface area contributed by atoms with E-state index in [9.17, 15) is 9.90 Å². The van der Waals surface area contributed by atoms with Crippen molar-refractivity contribution in [1.29, 1.82) is 0 Å². The molecule has 273 valence electrons. The van der Waals surface area contributed by atoms with Crippen molar-refractivity contribution in [2.75, 3.05) is 0 Å². The van der Waals surface area contributed by atoms with Crippen molar-refractivity contribution in [3.8, 4) is 21.8 Å². The first kappa shape index (κ1) is 40.6. The molecule has 0 unspecified atom stereocenters. The molecule has 1 aliphatic carbocycles. The van der Waals surface area contributed by atoms with Crippen LogP contribution in [0.25, 0.3) is 42.7 Å². The summed E-state index contributed by atoms with van der Waals surface area (Å²) >= 11 is 1.88. The van der Waals surface area contributed by atoms with Crippen LogP contribution in [-0.4, -0.2) is 20.9 Å². The molecule has 0 atom stereocenters. The SMILES string of the molecule is CC(C)Cc1ccc2c(n1)-c1sc3ccnc(-c4[c-]c5ccccc5c(C(C)(C)C)c4)c3c1CC2.CCC(CC)C(=O)/C=C(\O)C(CC)CC.[Ir]. The minimum Gasteiger partial charge on any atom is -0.512 e. The maximum absolute atomic E-state index is 11.7. The second-order valence-electron chi connectivity index (χ2n) is 15.2. The zero-order chi connectivity index (χ0) is 36.2. The molecule has 2 aromatic carbocycles. The topological polar surface area (TPSA) is 63.1 Å². The van der Waals surface area contributed by atoms with Gasteiger partial charge in [-0.05, 0) is 84.9 Å². The van der Waals surface area contributed by atoms with Crippen LogP contribution >= 0.6 is 11.3 Å². The van der Waals surface area contributed by atoms with E-state index in [1.54, 1.807) is 0 Å². The number of carbonyl (C=O) groups excluding carboxylic acids is 1. The van der Waals surface area contributed by atoms with Gasteiger partial charge in [-0.3, -0.25) is 14.8 Å². The number of aromatic nitrogens is 2. The minimum atomic E-state index is 0. The van der Waals surface area contributed by atoms with Crippen LogP contribution in [0.4, 0.5) is 0 Å². The summed E-state index contributed by atoms with van der Waals surface area (Å²) in [5, 5.41) is 13.5. The third-order valence-electron chi connectivity index (χ3n) is 10.1. The number of aliphatic hydroxyl groups is 1. The molecule has 6 heteroatoms. The van der Waals surface area contributed by atoms with E-state index < -0.39 is 0 Å². The van der Waals surface area contributed by atoms with Crippen LogP contribution in [0.3, 0.4) is 0 Å². The number of aliphatic hydroxyl groups excluding tert-OH is 1. The molecule has 0 aliphatic heterocycles. The number of allylic oxidation sites excluding steroid dienone is 2. The predicted molar refractivity (Wildman–Crippen MR) is 213 cm³/mol. The van der Waals surface area contributed by atoms with E-state index in [0.717, 1.165) is 61.6 Å². The first-order chi connectivity index (χ1) is 23.9. The molecule has 0 bridgehead atoms. The third-order valence-corrected chi connectivity index (χ3v) is 11.3. The van der Waals surface area contributed by atoms with E-state index in [1.807, 2.05) is 45.2 Å². The van der Waals surface area contributed by atoms with Gasteiger partial charge in [-0.15, -0.1) is 40.5 Å². The Bertz CT molecular complexity index is 1990. The molecule has 4 nitrogen and oxygen atoms in total. The molecule has 0 saturated carbocycles. The molecule has 0 saturated heterocycles. The summed E-state index contributed by atoms with van der Waals surface area (Å²) < 4.78 is 1.29. The van der Waals surface area contributed by atoms with Gasteiger partial charge in [0.25, 0.3) is 0 Å². The molecule has 3 heterocycles. The fourth-order valence-corrected chi connectivity index (χ4v) is 8.49. The summed E-state index contributed by atoms with van der Waals surface area (Å²) in [5.41, 5.74) is 8.68. The van der Waals surface area contributed by atoms with Crippen LogP contribution in [-0.2, 0) is 49.6 Å². The van der Waals surface area contributed by atoms with Gasteiger partial charge in [0.2, 0.25) is 0 Å². The van der Waals surface area contributed by atoms with Crippen LogP contribution in [0.1, 0.15) is 110 Å². The Morgan fingerprint density at radius 1 is 0.941 bits per heavy atom. The summed E-state index contributed by atoms with van der Waals surface area (Å²) in [6, 6.07) is 21.4. The van der Waals surface area contributed by atoms with Crippen LogP contribution in [0, 0.1) is 23.8 Å². The molecule has 0 spiro atoms. The molecule has 5 aromatic rings. The maximum Gasteiger partial charge on any atom is 0.162 e. The number of hydrogen-bond donors (Lipinski definition) is 1. The Labute approximate surface area is 323 Å². The molecular weight excluding hydrogens is 825 g/mol. The van der Waals surface area contributed by atoms with Gasteiger partial charge in [0.1, 0.15) is 0 Å². The average molecular weight is 880 g/mol. The largest absolute Gasteiger partial charge is 0.512 e. The van der Waals surface area contributed by atoms with E-state index >= 15 is 0 Å². The van der Waals surface area contributed by atoms with Gasteiger partial charge < -0.3 is 5.11 Å². The molecule has 6 rings (SSSR count). The zero-order valence-corrected chi connectivity index (χ0v) is 35.2. The predicted octanol–water partition coefficient (Wildman–Crippen LogP) is 12.4. The number of ketones is 1. The average Bonchev–Trinajstić information content (AvgIpc) is 3.48. The van der Waals surface area contributed by atoms with Gasteiger partial charge >= 0.3 is 0 Å². The number of rotatable bonds is 10. The molecule has 0 fully saturated rings. The molecule has 51 heavy (non-hydrogen) atoms. The van der Waals surface area contributed by atoms with Gasteiger partial charge in [0.05, 0.1) is 16.3 Å². The van der Waals surface area contributed by atoms with Crippen molar-refractivity contribution in [2.24, 2.45) is 17.8 Å². The Balaban J connectivity index is 0.000000312. The zero-order valence-electron chi connectivity index (χ0n) is 31.9. The number of fused-ring (bicyclic) bond motifs is 6. The van der Waals surface area contributed by atoms with Gasteiger partial charge in [0, 0.05) is 60.3 Å². The van der Waals surface area contributed by atoms with E-state index in [4.69, 9.17) is 9.97 Å². The maximum atomic E-state index is 11.7. The summed E-state index contributed by atoms with van der Waals surface area (Å²) in [4.78, 5) is 23.2. The molecule has 1 radical (unpaired) electrons. The van der Waals surface area contributed by atoms with Crippen LogP contribution in [0.5, 0.6) is 0 Å². The standard InChI is InChI=1S/C32H31N2S.C13H24O2.Ir/c1-19(2)16-23-12-10-20-11-13-25-28-27(35-31(25)30(20)34-23)14-15-33-29(28)22-17-21-8-6-7-9-24(21)26(18-22)32(3,4)5;1-5-10(6-2)12(14)9-13(15)11(7-3)8-4;/h6-10,12,14-15,18-19H,11,13,16H2,1-5H3;9-11,14H,5-8H2,1-4H3;/q-1;;/b;12-9-;. The number of carbonyl (C=O) groups is 1. The monoisotopic (exact) mass is 880 g/mol.